The lowest BCUT2D eigenvalue weighted by atomic mass is 10.0. The van der Waals surface area contributed by atoms with Crippen LogP contribution in [0, 0.1) is 0 Å². The van der Waals surface area contributed by atoms with E-state index < -0.39 is 5.97 Å². The van der Waals surface area contributed by atoms with E-state index in [9.17, 15) is 9.90 Å². The number of cyclic esters (lactones) is 1. The van der Waals surface area contributed by atoms with E-state index in [4.69, 9.17) is 18.9 Å². The molecule has 2 aromatic carbocycles. The highest BCUT2D eigenvalue weighted by Crippen LogP contribution is 2.34. The molecule has 0 saturated heterocycles. The smallest absolute Gasteiger partial charge is 0.348 e. The second-order valence-electron chi connectivity index (χ2n) is 5.46. The lowest BCUT2D eigenvalue weighted by Crippen LogP contribution is -1.98. The van der Waals surface area contributed by atoms with E-state index in [1.165, 1.54) is 7.11 Å². The van der Waals surface area contributed by atoms with Crippen LogP contribution in [0.4, 0.5) is 0 Å². The van der Waals surface area contributed by atoms with E-state index >= 15 is 0 Å². The predicted molar refractivity (Wildman–Crippen MR) is 96.2 cm³/mol. The third kappa shape index (κ3) is 3.21. The molecule has 1 aliphatic heterocycles. The second-order valence-corrected chi connectivity index (χ2v) is 5.46. The minimum Gasteiger partial charge on any atom is -0.504 e. The first kappa shape index (κ1) is 17.4. The van der Waals surface area contributed by atoms with Crippen molar-refractivity contribution in [3.05, 3.63) is 65.1 Å². The summed E-state index contributed by atoms with van der Waals surface area (Å²) in [7, 11) is 4.63. The summed E-state index contributed by atoms with van der Waals surface area (Å²) in [4.78, 5) is 12.2. The van der Waals surface area contributed by atoms with Crippen LogP contribution < -0.4 is 14.2 Å². The highest BCUT2D eigenvalue weighted by molar-refractivity contribution is 6.20. The minimum absolute atomic E-state index is 0.0769. The Morgan fingerprint density at radius 3 is 2.23 bits per heavy atom. The Morgan fingerprint density at radius 1 is 0.923 bits per heavy atom. The number of rotatable bonds is 5. The molecule has 0 aliphatic carbocycles. The quantitative estimate of drug-likeness (QED) is 0.828. The van der Waals surface area contributed by atoms with Gasteiger partial charge in [0.1, 0.15) is 11.3 Å². The first-order valence-corrected chi connectivity index (χ1v) is 7.81. The average Bonchev–Trinajstić information content (AvgIpc) is 2.95. The minimum atomic E-state index is -0.612. The fourth-order valence-electron chi connectivity index (χ4n) is 2.62. The average molecular weight is 354 g/mol. The van der Waals surface area contributed by atoms with Crippen LogP contribution in [0.5, 0.6) is 17.2 Å². The standard InChI is InChI=1S/C20H18O6/c1-23-14-7-5-13(6-8-14)18-19(21)17(26-20(18)22)11-12-4-9-15(24-2)16(10-12)25-3/h4-11,21H,1-3H3/b17-11-. The van der Waals surface area contributed by atoms with Gasteiger partial charge in [0.15, 0.2) is 23.0 Å². The van der Waals surface area contributed by atoms with Gasteiger partial charge < -0.3 is 24.1 Å². The molecule has 0 atom stereocenters. The first-order chi connectivity index (χ1) is 12.6. The maximum Gasteiger partial charge on any atom is 0.348 e. The number of carbonyl (C=O) groups excluding carboxylic acids is 1. The van der Waals surface area contributed by atoms with Crippen LogP contribution in [-0.4, -0.2) is 32.4 Å². The van der Waals surface area contributed by atoms with Crippen molar-refractivity contribution in [2.45, 2.75) is 0 Å². The Balaban J connectivity index is 1.97. The molecule has 6 nitrogen and oxygen atoms in total. The maximum absolute atomic E-state index is 12.2. The maximum atomic E-state index is 12.2. The third-order valence-corrected chi connectivity index (χ3v) is 3.96. The summed E-state index contributed by atoms with van der Waals surface area (Å²) in [5.41, 5.74) is 1.34. The summed E-state index contributed by atoms with van der Waals surface area (Å²) in [5, 5.41) is 10.5. The van der Waals surface area contributed by atoms with Crippen LogP contribution in [0.1, 0.15) is 11.1 Å². The third-order valence-electron chi connectivity index (χ3n) is 3.96. The van der Waals surface area contributed by atoms with E-state index in [1.54, 1.807) is 62.8 Å². The molecule has 0 bridgehead atoms. The molecule has 0 saturated carbocycles. The summed E-state index contributed by atoms with van der Waals surface area (Å²) >= 11 is 0. The number of aliphatic hydroxyl groups is 1. The summed E-state index contributed by atoms with van der Waals surface area (Å²) in [6, 6.07) is 12.0. The fraction of sp³-hybridized carbons (Fsp3) is 0.150. The Kier molecular flexibility index (Phi) is 4.84. The number of benzene rings is 2. The highest BCUT2D eigenvalue weighted by Gasteiger charge is 2.31. The molecule has 1 aliphatic rings. The van der Waals surface area contributed by atoms with E-state index in [-0.39, 0.29) is 17.1 Å². The van der Waals surface area contributed by atoms with E-state index in [2.05, 4.69) is 0 Å². The molecular formula is C20H18O6. The van der Waals surface area contributed by atoms with Gasteiger partial charge >= 0.3 is 5.97 Å². The molecule has 6 heteroatoms. The number of hydrogen-bond donors (Lipinski definition) is 1. The molecule has 0 fully saturated rings. The van der Waals surface area contributed by atoms with Crippen molar-refractivity contribution >= 4 is 17.6 Å². The van der Waals surface area contributed by atoms with Crippen molar-refractivity contribution in [2.75, 3.05) is 21.3 Å². The van der Waals surface area contributed by atoms with Crippen LogP contribution >= 0.6 is 0 Å². The summed E-state index contributed by atoms with van der Waals surface area (Å²) in [5.74, 6) is 1.02. The van der Waals surface area contributed by atoms with Gasteiger partial charge in [-0.1, -0.05) is 18.2 Å². The fourth-order valence-corrected chi connectivity index (χ4v) is 2.62. The zero-order valence-electron chi connectivity index (χ0n) is 14.6. The molecule has 26 heavy (non-hydrogen) atoms. The molecule has 0 aromatic heterocycles. The Labute approximate surface area is 150 Å². The molecule has 1 heterocycles. The molecule has 1 N–H and O–H groups in total. The van der Waals surface area contributed by atoms with E-state index in [1.807, 2.05) is 0 Å². The zero-order valence-corrected chi connectivity index (χ0v) is 14.6. The van der Waals surface area contributed by atoms with Gasteiger partial charge in [-0.15, -0.1) is 0 Å². The molecular weight excluding hydrogens is 336 g/mol. The number of carbonyl (C=O) groups is 1. The van der Waals surface area contributed by atoms with Gasteiger partial charge in [0, 0.05) is 0 Å². The SMILES string of the molecule is COc1ccc(C2=C(O)/C(=C/c3ccc(OC)c(OC)c3)OC2=O)cc1. The van der Waals surface area contributed by atoms with Crippen LogP contribution in [0.25, 0.3) is 11.6 Å². The van der Waals surface area contributed by atoms with Gasteiger partial charge in [-0.25, -0.2) is 4.79 Å². The summed E-state index contributed by atoms with van der Waals surface area (Å²) < 4.78 is 20.8. The Morgan fingerprint density at radius 2 is 1.62 bits per heavy atom. The van der Waals surface area contributed by atoms with Crippen molar-refractivity contribution in [1.82, 2.24) is 0 Å². The van der Waals surface area contributed by atoms with Crippen LogP contribution in [-0.2, 0) is 9.53 Å². The van der Waals surface area contributed by atoms with Crippen LogP contribution in [0.15, 0.2) is 54.0 Å². The monoisotopic (exact) mass is 354 g/mol. The van der Waals surface area contributed by atoms with Crippen molar-refractivity contribution in [2.24, 2.45) is 0 Å². The Hall–Kier alpha value is -3.41. The predicted octanol–water partition coefficient (Wildman–Crippen LogP) is 3.58. The van der Waals surface area contributed by atoms with Gasteiger partial charge in [-0.3, -0.25) is 0 Å². The van der Waals surface area contributed by atoms with Gasteiger partial charge in [0.25, 0.3) is 0 Å². The molecule has 134 valence electrons. The van der Waals surface area contributed by atoms with Crippen molar-refractivity contribution in [3.63, 3.8) is 0 Å². The van der Waals surface area contributed by atoms with Gasteiger partial charge in [-0.05, 0) is 41.5 Å². The molecule has 0 spiro atoms. The second kappa shape index (κ2) is 7.23. The molecule has 2 aromatic rings. The number of esters is 1. The van der Waals surface area contributed by atoms with Gasteiger partial charge in [0.05, 0.1) is 21.3 Å². The number of hydrogen-bond acceptors (Lipinski definition) is 6. The van der Waals surface area contributed by atoms with Crippen LogP contribution in [0.3, 0.4) is 0 Å². The molecule has 0 unspecified atom stereocenters. The van der Waals surface area contributed by atoms with Crippen molar-refractivity contribution < 1.29 is 28.8 Å². The van der Waals surface area contributed by atoms with Gasteiger partial charge in [-0.2, -0.15) is 0 Å². The van der Waals surface area contributed by atoms with E-state index in [0.717, 1.165) is 0 Å². The Bertz CT molecular complexity index is 893. The normalized spacial score (nSPS) is 15.2. The van der Waals surface area contributed by atoms with Crippen LogP contribution in [0.2, 0.25) is 0 Å². The highest BCUT2D eigenvalue weighted by atomic mass is 16.6. The number of methoxy groups -OCH3 is 3. The molecule has 0 amide bonds. The number of aliphatic hydroxyl groups excluding tert-OH is 1. The first-order valence-electron chi connectivity index (χ1n) is 7.81. The topological polar surface area (TPSA) is 74.2 Å². The lowest BCUT2D eigenvalue weighted by molar-refractivity contribution is -0.131. The molecule has 0 radical (unpaired) electrons. The lowest BCUT2D eigenvalue weighted by Gasteiger charge is -2.08. The van der Waals surface area contributed by atoms with Gasteiger partial charge in [0.2, 0.25) is 0 Å². The summed E-state index contributed by atoms with van der Waals surface area (Å²) in [6.07, 6.45) is 1.56. The zero-order chi connectivity index (χ0) is 18.7. The van der Waals surface area contributed by atoms with E-state index in [0.29, 0.717) is 28.4 Å². The summed E-state index contributed by atoms with van der Waals surface area (Å²) in [6.45, 7) is 0. The van der Waals surface area contributed by atoms with Crippen molar-refractivity contribution in [3.8, 4) is 17.2 Å². The largest absolute Gasteiger partial charge is 0.504 e. The molecule has 3 rings (SSSR count). The van der Waals surface area contributed by atoms with Crippen molar-refractivity contribution in [1.29, 1.82) is 0 Å². The number of ether oxygens (including phenoxy) is 4.